The van der Waals surface area contributed by atoms with Crippen LogP contribution in [0.4, 0.5) is 0 Å². The number of amides is 1. The van der Waals surface area contributed by atoms with Crippen molar-refractivity contribution >= 4 is 28.8 Å². The highest BCUT2D eigenvalue weighted by molar-refractivity contribution is 7.16. The Balaban J connectivity index is 1.39. The molecular formula is C21H28ClN3O2S. The van der Waals surface area contributed by atoms with Gasteiger partial charge in [-0.05, 0) is 36.5 Å². The van der Waals surface area contributed by atoms with Crippen LogP contribution in [0.5, 0.6) is 5.88 Å². The molecule has 0 aliphatic carbocycles. The van der Waals surface area contributed by atoms with Gasteiger partial charge in [0.15, 0.2) is 0 Å². The van der Waals surface area contributed by atoms with Gasteiger partial charge in [0.1, 0.15) is 6.10 Å². The van der Waals surface area contributed by atoms with E-state index >= 15 is 0 Å². The summed E-state index contributed by atoms with van der Waals surface area (Å²) < 4.78 is 6.90. The van der Waals surface area contributed by atoms with E-state index in [1.54, 1.807) is 17.5 Å². The van der Waals surface area contributed by atoms with Crippen LogP contribution in [0.1, 0.15) is 43.6 Å². The van der Waals surface area contributed by atoms with E-state index in [1.165, 1.54) is 4.88 Å². The number of ether oxygens (including phenoxy) is 1. The van der Waals surface area contributed by atoms with Crippen LogP contribution >= 0.6 is 22.9 Å². The van der Waals surface area contributed by atoms with E-state index < -0.39 is 0 Å². The topological polar surface area (TPSA) is 54.5 Å². The van der Waals surface area contributed by atoms with Gasteiger partial charge in [-0.25, -0.2) is 4.98 Å². The van der Waals surface area contributed by atoms with E-state index in [0.29, 0.717) is 24.8 Å². The molecular weight excluding hydrogens is 394 g/mol. The van der Waals surface area contributed by atoms with Crippen molar-refractivity contribution in [1.82, 2.24) is 15.2 Å². The van der Waals surface area contributed by atoms with E-state index in [-0.39, 0.29) is 12.0 Å². The number of hydrogen-bond acceptors (Lipinski definition) is 5. The molecule has 5 nitrogen and oxygen atoms in total. The number of aromatic nitrogens is 1. The van der Waals surface area contributed by atoms with Crippen molar-refractivity contribution in [3.05, 3.63) is 45.2 Å². The van der Waals surface area contributed by atoms with E-state index in [1.807, 2.05) is 32.0 Å². The van der Waals surface area contributed by atoms with Gasteiger partial charge in [-0.1, -0.05) is 31.5 Å². The molecule has 0 bridgehead atoms. The molecule has 152 valence electrons. The highest BCUT2D eigenvalue weighted by Crippen LogP contribution is 2.24. The van der Waals surface area contributed by atoms with Gasteiger partial charge >= 0.3 is 0 Å². The number of piperidine rings is 1. The van der Waals surface area contributed by atoms with Gasteiger partial charge in [0.2, 0.25) is 11.8 Å². The number of carbonyl (C=O) groups excluding carboxylic acids is 1. The second kappa shape index (κ2) is 10.2. The number of halogens is 1. The summed E-state index contributed by atoms with van der Waals surface area (Å²) in [5, 5.41) is 2.92. The summed E-state index contributed by atoms with van der Waals surface area (Å²) in [5.74, 6) is 1.09. The molecule has 2 aromatic rings. The quantitative estimate of drug-likeness (QED) is 0.681. The standard InChI is InChI=1S/C21H28ClN3O2S/c1-15(2)11-20(26)23-12-16-3-6-21(24-13-16)27-17-7-9-25(10-8-17)14-18-4-5-19(22)28-18/h3-6,13,15,17H,7-12,14H2,1-2H3,(H,23,26). The monoisotopic (exact) mass is 421 g/mol. The number of carbonyl (C=O) groups is 1. The first-order valence-corrected chi connectivity index (χ1v) is 11.0. The fourth-order valence-electron chi connectivity index (χ4n) is 3.24. The average Bonchev–Trinajstić information content (AvgIpc) is 3.07. The molecule has 1 saturated heterocycles. The normalized spacial score (nSPS) is 15.7. The lowest BCUT2D eigenvalue weighted by molar-refractivity contribution is -0.121. The number of likely N-dealkylation sites (tertiary alicyclic amines) is 1. The summed E-state index contributed by atoms with van der Waals surface area (Å²) >= 11 is 7.66. The molecule has 7 heteroatoms. The van der Waals surface area contributed by atoms with Crippen molar-refractivity contribution in [1.29, 1.82) is 0 Å². The molecule has 3 heterocycles. The lowest BCUT2D eigenvalue weighted by Gasteiger charge is -2.31. The van der Waals surface area contributed by atoms with E-state index in [4.69, 9.17) is 16.3 Å². The van der Waals surface area contributed by atoms with E-state index in [0.717, 1.165) is 42.4 Å². The van der Waals surface area contributed by atoms with Crippen LogP contribution in [0.2, 0.25) is 4.34 Å². The van der Waals surface area contributed by atoms with Crippen LogP contribution < -0.4 is 10.1 Å². The third-order valence-corrected chi connectivity index (χ3v) is 5.93. The molecule has 2 aromatic heterocycles. The largest absolute Gasteiger partial charge is 0.474 e. The van der Waals surface area contributed by atoms with Crippen LogP contribution in [-0.4, -0.2) is 35.0 Å². The summed E-state index contributed by atoms with van der Waals surface area (Å²) in [6, 6.07) is 7.92. The molecule has 0 spiro atoms. The van der Waals surface area contributed by atoms with Crippen LogP contribution in [0, 0.1) is 5.92 Å². The zero-order valence-electron chi connectivity index (χ0n) is 16.5. The first kappa shape index (κ1) is 21.1. The van der Waals surface area contributed by atoms with Crippen LogP contribution in [-0.2, 0) is 17.9 Å². The van der Waals surface area contributed by atoms with Crippen molar-refractivity contribution in [2.45, 2.75) is 52.3 Å². The summed E-state index contributed by atoms with van der Waals surface area (Å²) in [4.78, 5) is 19.9. The van der Waals surface area contributed by atoms with Crippen molar-refractivity contribution in [2.75, 3.05) is 13.1 Å². The first-order chi connectivity index (χ1) is 13.5. The Morgan fingerprint density at radius 1 is 1.32 bits per heavy atom. The van der Waals surface area contributed by atoms with Gasteiger partial charge < -0.3 is 10.1 Å². The maximum absolute atomic E-state index is 11.7. The second-order valence-electron chi connectivity index (χ2n) is 7.68. The summed E-state index contributed by atoms with van der Waals surface area (Å²) in [6.07, 6.45) is 4.52. The summed E-state index contributed by atoms with van der Waals surface area (Å²) in [7, 11) is 0. The van der Waals surface area contributed by atoms with E-state index in [9.17, 15) is 4.79 Å². The third kappa shape index (κ3) is 6.76. The predicted molar refractivity (Wildman–Crippen MR) is 114 cm³/mol. The SMILES string of the molecule is CC(C)CC(=O)NCc1ccc(OC2CCN(Cc3ccc(Cl)s3)CC2)nc1. The fraction of sp³-hybridized carbons (Fsp3) is 0.524. The minimum absolute atomic E-state index is 0.0758. The Morgan fingerprint density at radius 2 is 2.11 bits per heavy atom. The molecule has 0 saturated carbocycles. The third-order valence-electron chi connectivity index (χ3n) is 4.71. The van der Waals surface area contributed by atoms with Gasteiger partial charge in [-0.3, -0.25) is 9.69 Å². The Morgan fingerprint density at radius 3 is 2.71 bits per heavy atom. The highest BCUT2D eigenvalue weighted by Gasteiger charge is 2.21. The number of hydrogen-bond donors (Lipinski definition) is 1. The van der Waals surface area contributed by atoms with Crippen LogP contribution in [0.25, 0.3) is 0 Å². The minimum Gasteiger partial charge on any atom is -0.474 e. The summed E-state index contributed by atoms with van der Waals surface area (Å²) in [6.45, 7) is 7.56. The van der Waals surface area contributed by atoms with Gasteiger partial charge in [0.05, 0.1) is 4.34 Å². The number of rotatable bonds is 8. The molecule has 1 fully saturated rings. The van der Waals surface area contributed by atoms with Crippen molar-refractivity contribution < 1.29 is 9.53 Å². The van der Waals surface area contributed by atoms with Crippen molar-refractivity contribution in [2.24, 2.45) is 5.92 Å². The molecule has 1 amide bonds. The molecule has 1 N–H and O–H groups in total. The van der Waals surface area contributed by atoms with Crippen molar-refractivity contribution in [3.8, 4) is 5.88 Å². The summed E-state index contributed by atoms with van der Waals surface area (Å²) in [5.41, 5.74) is 0.980. The second-order valence-corrected chi connectivity index (χ2v) is 9.48. The van der Waals surface area contributed by atoms with Gasteiger partial charge in [0.25, 0.3) is 0 Å². The fourth-order valence-corrected chi connectivity index (χ4v) is 4.37. The smallest absolute Gasteiger partial charge is 0.220 e. The molecule has 3 rings (SSSR count). The minimum atomic E-state index is 0.0758. The maximum atomic E-state index is 11.7. The number of nitrogens with zero attached hydrogens (tertiary/aromatic N) is 2. The lowest BCUT2D eigenvalue weighted by Crippen LogP contribution is -2.37. The number of pyridine rings is 1. The van der Waals surface area contributed by atoms with E-state index in [2.05, 4.69) is 21.3 Å². The van der Waals surface area contributed by atoms with Crippen molar-refractivity contribution in [3.63, 3.8) is 0 Å². The van der Waals surface area contributed by atoms with Gasteiger partial charge in [-0.2, -0.15) is 0 Å². The average molecular weight is 422 g/mol. The molecule has 0 aromatic carbocycles. The zero-order valence-corrected chi connectivity index (χ0v) is 18.1. The molecule has 1 aliphatic rings. The lowest BCUT2D eigenvalue weighted by atomic mass is 10.1. The number of nitrogens with one attached hydrogen (secondary N) is 1. The Labute approximate surface area is 176 Å². The molecule has 1 aliphatic heterocycles. The first-order valence-electron chi connectivity index (χ1n) is 9.83. The number of thiophene rings is 1. The predicted octanol–water partition coefficient (Wildman–Crippen LogP) is 4.50. The molecule has 0 unspecified atom stereocenters. The molecule has 0 radical (unpaired) electrons. The zero-order chi connectivity index (χ0) is 19.9. The Kier molecular flexibility index (Phi) is 7.71. The van der Waals surface area contributed by atoms with Crippen LogP contribution in [0.3, 0.4) is 0 Å². The van der Waals surface area contributed by atoms with Crippen LogP contribution in [0.15, 0.2) is 30.5 Å². The Hall–Kier alpha value is -1.63. The Bertz CT molecular complexity index is 755. The molecule has 28 heavy (non-hydrogen) atoms. The maximum Gasteiger partial charge on any atom is 0.220 e. The highest BCUT2D eigenvalue weighted by atomic mass is 35.5. The van der Waals surface area contributed by atoms with Gasteiger partial charge in [-0.15, -0.1) is 11.3 Å². The van der Waals surface area contributed by atoms with Gasteiger partial charge in [0, 0.05) is 49.7 Å². The molecule has 0 atom stereocenters.